The van der Waals surface area contributed by atoms with Crippen LogP contribution in [0.3, 0.4) is 0 Å². The molecule has 0 aliphatic carbocycles. The first kappa shape index (κ1) is 24.6. The predicted octanol–water partition coefficient (Wildman–Crippen LogP) is 6.44. The number of fused-ring (bicyclic) bond motifs is 5. The first-order valence-electron chi connectivity index (χ1n) is 12.2. The Morgan fingerprint density at radius 3 is 2.31 bits per heavy atom. The van der Waals surface area contributed by atoms with Gasteiger partial charge in [-0.05, 0) is 32.1 Å². The number of anilines is 1. The average Bonchev–Trinajstić information content (AvgIpc) is 2.79. The van der Waals surface area contributed by atoms with Crippen molar-refractivity contribution in [1.29, 1.82) is 0 Å². The van der Waals surface area contributed by atoms with Gasteiger partial charge in [-0.3, -0.25) is 9.59 Å². The lowest BCUT2D eigenvalue weighted by Gasteiger charge is -2.34. The van der Waals surface area contributed by atoms with Gasteiger partial charge < -0.3 is 19.1 Å². The van der Waals surface area contributed by atoms with Crippen LogP contribution < -0.4 is 19.1 Å². The molecule has 0 spiro atoms. The lowest BCUT2D eigenvalue weighted by molar-refractivity contribution is -0.133. The molecule has 0 saturated heterocycles. The maximum Gasteiger partial charge on any atom is 0.308 e. The number of carbonyl (C=O) groups is 2. The third-order valence-electron chi connectivity index (χ3n) is 6.13. The fraction of sp³-hybridized carbons (Fsp3) is 0.379. The van der Waals surface area contributed by atoms with Gasteiger partial charge in [0.25, 0.3) is 0 Å². The van der Waals surface area contributed by atoms with Gasteiger partial charge in [0.15, 0.2) is 11.5 Å². The molecule has 0 radical (unpaired) electrons. The van der Waals surface area contributed by atoms with E-state index < -0.39 is 11.9 Å². The molecule has 4 rings (SSSR count). The van der Waals surface area contributed by atoms with E-state index in [4.69, 9.17) is 14.2 Å². The molecular formula is C29H33NO5. The zero-order chi connectivity index (χ0) is 25.3. The van der Waals surface area contributed by atoms with Crippen molar-refractivity contribution in [3.05, 3.63) is 47.5 Å². The van der Waals surface area contributed by atoms with Crippen molar-refractivity contribution < 1.29 is 23.8 Å². The molecule has 0 fully saturated rings. The quantitative estimate of drug-likeness (QED) is 0.290. The summed E-state index contributed by atoms with van der Waals surface area (Å²) in [6.45, 7) is 9.27. The van der Waals surface area contributed by atoms with Crippen molar-refractivity contribution >= 4 is 28.4 Å². The highest BCUT2D eigenvalue weighted by Gasteiger charge is 2.35. The van der Waals surface area contributed by atoms with Gasteiger partial charge in [-0.2, -0.15) is 0 Å². The normalized spacial score (nSPS) is 12.4. The van der Waals surface area contributed by atoms with E-state index in [1.54, 1.807) is 0 Å². The second-order valence-corrected chi connectivity index (χ2v) is 9.32. The average molecular weight is 476 g/mol. The standard InChI is InChI=1S/C29H33NO5/c1-7-8-12-23-27(34-18(4)31)24-16-30(6)26-21-13-10-9-11-20(21)14-15-22(26)25(24)29(35-19(5)32)28(23)33-17(2)3/h9-11,13-15,17H,7-8,12,16H2,1-6H3. The maximum atomic E-state index is 12.3. The number of carbonyl (C=O) groups excluding carboxylic acids is 2. The van der Waals surface area contributed by atoms with E-state index in [1.165, 1.54) is 13.8 Å². The SMILES string of the molecule is CCCCc1c(OC(C)=O)c2c(c(OC(C)=O)c1OC(C)C)-c1ccc3ccccc3c1N(C)C2. The van der Waals surface area contributed by atoms with Crippen molar-refractivity contribution in [2.75, 3.05) is 11.9 Å². The third-order valence-corrected chi connectivity index (χ3v) is 6.13. The molecule has 0 N–H and O–H groups in total. The summed E-state index contributed by atoms with van der Waals surface area (Å²) in [7, 11) is 2.03. The van der Waals surface area contributed by atoms with E-state index in [0.717, 1.165) is 51.6 Å². The number of esters is 2. The summed E-state index contributed by atoms with van der Waals surface area (Å²) in [4.78, 5) is 26.8. The number of benzene rings is 3. The van der Waals surface area contributed by atoms with Crippen LogP contribution >= 0.6 is 0 Å². The Balaban J connectivity index is 2.15. The van der Waals surface area contributed by atoms with Gasteiger partial charge in [-0.1, -0.05) is 49.7 Å². The Morgan fingerprint density at radius 2 is 1.66 bits per heavy atom. The van der Waals surface area contributed by atoms with Crippen LogP contribution in [0.4, 0.5) is 5.69 Å². The van der Waals surface area contributed by atoms with E-state index in [1.807, 2.05) is 39.1 Å². The van der Waals surface area contributed by atoms with Crippen LogP contribution in [0.1, 0.15) is 58.6 Å². The number of rotatable bonds is 7. The molecule has 1 heterocycles. The zero-order valence-corrected chi connectivity index (χ0v) is 21.4. The molecule has 6 heteroatoms. The first-order chi connectivity index (χ1) is 16.7. The summed E-state index contributed by atoms with van der Waals surface area (Å²) in [6, 6.07) is 12.3. The molecule has 35 heavy (non-hydrogen) atoms. The molecule has 0 aromatic heterocycles. The maximum absolute atomic E-state index is 12.3. The van der Waals surface area contributed by atoms with Crippen molar-refractivity contribution in [3.8, 4) is 28.4 Å². The van der Waals surface area contributed by atoms with Crippen LogP contribution in [-0.2, 0) is 22.6 Å². The van der Waals surface area contributed by atoms with Gasteiger partial charge in [0.2, 0.25) is 0 Å². The van der Waals surface area contributed by atoms with Crippen molar-refractivity contribution in [1.82, 2.24) is 0 Å². The second kappa shape index (κ2) is 9.98. The Morgan fingerprint density at radius 1 is 0.971 bits per heavy atom. The predicted molar refractivity (Wildman–Crippen MR) is 138 cm³/mol. The molecule has 0 bridgehead atoms. The highest BCUT2D eigenvalue weighted by Crippen LogP contribution is 2.55. The molecule has 3 aromatic rings. The summed E-state index contributed by atoms with van der Waals surface area (Å²) < 4.78 is 18.1. The number of hydrogen-bond donors (Lipinski definition) is 0. The van der Waals surface area contributed by atoms with Crippen LogP contribution in [0.15, 0.2) is 36.4 Å². The minimum Gasteiger partial charge on any atom is -0.487 e. The lowest BCUT2D eigenvalue weighted by Crippen LogP contribution is -2.25. The molecule has 6 nitrogen and oxygen atoms in total. The highest BCUT2D eigenvalue weighted by molar-refractivity contribution is 6.06. The Labute approximate surface area is 206 Å². The van der Waals surface area contributed by atoms with Gasteiger partial charge in [0, 0.05) is 55.1 Å². The molecule has 1 aliphatic heterocycles. The van der Waals surface area contributed by atoms with Crippen LogP contribution in [0, 0.1) is 0 Å². The van der Waals surface area contributed by atoms with Gasteiger partial charge >= 0.3 is 11.9 Å². The molecule has 1 aliphatic rings. The van der Waals surface area contributed by atoms with Gasteiger partial charge in [0.1, 0.15) is 5.75 Å². The number of hydrogen-bond acceptors (Lipinski definition) is 6. The fourth-order valence-corrected chi connectivity index (χ4v) is 4.86. The van der Waals surface area contributed by atoms with Crippen LogP contribution in [0.25, 0.3) is 21.9 Å². The van der Waals surface area contributed by atoms with Gasteiger partial charge in [-0.15, -0.1) is 0 Å². The minimum atomic E-state index is -0.427. The lowest BCUT2D eigenvalue weighted by atomic mass is 9.86. The van der Waals surface area contributed by atoms with E-state index in [9.17, 15) is 9.59 Å². The van der Waals surface area contributed by atoms with E-state index in [-0.39, 0.29) is 6.10 Å². The van der Waals surface area contributed by atoms with Crippen molar-refractivity contribution in [2.24, 2.45) is 0 Å². The number of ether oxygens (including phenoxy) is 3. The molecule has 3 aromatic carbocycles. The summed E-state index contributed by atoms with van der Waals surface area (Å²) in [5.41, 5.74) is 4.28. The van der Waals surface area contributed by atoms with E-state index in [2.05, 4.69) is 30.0 Å². The molecule has 0 unspecified atom stereocenters. The second-order valence-electron chi connectivity index (χ2n) is 9.32. The van der Waals surface area contributed by atoms with Crippen molar-refractivity contribution in [3.63, 3.8) is 0 Å². The van der Waals surface area contributed by atoms with Gasteiger partial charge in [-0.25, -0.2) is 0 Å². The summed E-state index contributed by atoms with van der Waals surface area (Å²) in [6.07, 6.45) is 2.29. The highest BCUT2D eigenvalue weighted by atomic mass is 16.6. The van der Waals surface area contributed by atoms with Gasteiger partial charge in [0.05, 0.1) is 11.8 Å². The molecule has 0 saturated carbocycles. The summed E-state index contributed by atoms with van der Waals surface area (Å²) in [5.74, 6) is 0.560. The monoisotopic (exact) mass is 475 g/mol. The van der Waals surface area contributed by atoms with Crippen LogP contribution in [0.2, 0.25) is 0 Å². The largest absolute Gasteiger partial charge is 0.487 e. The molecule has 0 amide bonds. The third kappa shape index (κ3) is 4.70. The summed E-state index contributed by atoms with van der Waals surface area (Å²) >= 11 is 0. The van der Waals surface area contributed by atoms with E-state index >= 15 is 0 Å². The Hall–Kier alpha value is -3.54. The first-order valence-corrected chi connectivity index (χ1v) is 12.2. The zero-order valence-electron chi connectivity index (χ0n) is 21.4. The Kier molecular flexibility index (Phi) is 7.01. The van der Waals surface area contributed by atoms with Crippen LogP contribution in [0.5, 0.6) is 17.2 Å². The summed E-state index contributed by atoms with van der Waals surface area (Å²) in [5, 5.41) is 2.22. The van der Waals surface area contributed by atoms with E-state index in [0.29, 0.717) is 30.2 Å². The minimum absolute atomic E-state index is 0.171. The topological polar surface area (TPSA) is 65.1 Å². The Bertz CT molecular complexity index is 1290. The molecular weight excluding hydrogens is 442 g/mol. The molecule has 0 atom stereocenters. The fourth-order valence-electron chi connectivity index (χ4n) is 4.86. The number of nitrogens with zero attached hydrogens (tertiary/aromatic N) is 1. The van der Waals surface area contributed by atoms with Crippen LogP contribution in [-0.4, -0.2) is 25.1 Å². The smallest absolute Gasteiger partial charge is 0.308 e. The van der Waals surface area contributed by atoms with Crippen molar-refractivity contribution in [2.45, 2.75) is 66.5 Å². The number of unbranched alkanes of at least 4 members (excludes halogenated alkanes) is 1. The molecule has 184 valence electrons.